The Kier molecular flexibility index (Phi) is 5.15. The van der Waals surface area contributed by atoms with Crippen molar-refractivity contribution >= 4 is 16.7 Å². The molecule has 132 valence electrons. The molecule has 7 nitrogen and oxygen atoms in total. The first-order chi connectivity index (χ1) is 11.5. The van der Waals surface area contributed by atoms with Crippen LogP contribution in [0.5, 0.6) is 0 Å². The summed E-state index contributed by atoms with van der Waals surface area (Å²) in [5.74, 6) is 1.99. The highest BCUT2D eigenvalue weighted by Crippen LogP contribution is 2.20. The van der Waals surface area contributed by atoms with Crippen molar-refractivity contribution < 1.29 is 0 Å². The Bertz CT molecular complexity index is 657. The average molecular weight is 350 g/mol. The van der Waals surface area contributed by atoms with Crippen LogP contribution in [0.2, 0.25) is 0 Å². The zero-order valence-electron chi connectivity index (χ0n) is 15.1. The van der Waals surface area contributed by atoms with Gasteiger partial charge in [0, 0.05) is 44.1 Å². The smallest absolute Gasteiger partial charge is 0.205 e. The summed E-state index contributed by atoms with van der Waals surface area (Å²) in [7, 11) is 0. The zero-order chi connectivity index (χ0) is 17.2. The molecule has 0 radical (unpaired) electrons. The summed E-state index contributed by atoms with van der Waals surface area (Å²) in [6.07, 6.45) is 3.70. The largest absolute Gasteiger partial charge is 0.346 e. The molecule has 3 heterocycles. The van der Waals surface area contributed by atoms with Crippen LogP contribution in [0.4, 0.5) is 5.13 Å². The SMILES string of the molecule is CCc1nsc(N2CCCN(Cc3ncnn3C(C)(C)C)CC2)n1. The van der Waals surface area contributed by atoms with E-state index in [1.165, 1.54) is 11.5 Å². The summed E-state index contributed by atoms with van der Waals surface area (Å²) in [6.45, 7) is 13.6. The standard InChI is InChI=1S/C16H27N7S/c1-5-13-19-15(24-20-13)22-8-6-7-21(9-10-22)11-14-17-12-18-23(14)16(2,3)4/h12H,5-11H2,1-4H3. The van der Waals surface area contributed by atoms with Gasteiger partial charge in [-0.15, -0.1) is 0 Å². The van der Waals surface area contributed by atoms with Gasteiger partial charge in [-0.1, -0.05) is 6.92 Å². The summed E-state index contributed by atoms with van der Waals surface area (Å²) >= 11 is 1.52. The fraction of sp³-hybridized carbons (Fsp3) is 0.750. The number of aromatic nitrogens is 5. The van der Waals surface area contributed by atoms with Crippen molar-refractivity contribution in [1.29, 1.82) is 0 Å². The Morgan fingerprint density at radius 2 is 2.00 bits per heavy atom. The minimum absolute atomic E-state index is 0.0349. The van der Waals surface area contributed by atoms with Crippen molar-refractivity contribution in [3.05, 3.63) is 18.0 Å². The van der Waals surface area contributed by atoms with Crippen LogP contribution in [0.1, 0.15) is 45.8 Å². The highest BCUT2D eigenvalue weighted by atomic mass is 32.1. The second kappa shape index (κ2) is 7.14. The summed E-state index contributed by atoms with van der Waals surface area (Å²) in [4.78, 5) is 13.9. The van der Waals surface area contributed by atoms with Gasteiger partial charge >= 0.3 is 0 Å². The molecule has 8 heteroatoms. The topological polar surface area (TPSA) is 63.0 Å². The van der Waals surface area contributed by atoms with E-state index in [1.807, 2.05) is 4.68 Å². The van der Waals surface area contributed by atoms with Crippen molar-refractivity contribution in [2.75, 3.05) is 31.1 Å². The number of hydrogen-bond acceptors (Lipinski definition) is 7. The van der Waals surface area contributed by atoms with E-state index < -0.39 is 0 Å². The molecular formula is C16H27N7S. The van der Waals surface area contributed by atoms with Gasteiger partial charge in [0.25, 0.3) is 0 Å². The Balaban J connectivity index is 1.63. The molecule has 0 saturated carbocycles. The van der Waals surface area contributed by atoms with Crippen LogP contribution in [0.15, 0.2) is 6.33 Å². The fourth-order valence-corrected chi connectivity index (χ4v) is 3.77. The van der Waals surface area contributed by atoms with Crippen LogP contribution in [-0.4, -0.2) is 55.2 Å². The Morgan fingerprint density at radius 3 is 2.71 bits per heavy atom. The van der Waals surface area contributed by atoms with E-state index in [0.717, 1.165) is 62.3 Å². The lowest BCUT2D eigenvalue weighted by molar-refractivity contribution is 0.253. The van der Waals surface area contributed by atoms with Gasteiger partial charge in [-0.2, -0.15) is 9.47 Å². The van der Waals surface area contributed by atoms with Crippen LogP contribution in [0.3, 0.4) is 0 Å². The van der Waals surface area contributed by atoms with E-state index in [9.17, 15) is 0 Å². The maximum absolute atomic E-state index is 4.63. The molecular weight excluding hydrogens is 322 g/mol. The normalized spacial score (nSPS) is 17.2. The Hall–Kier alpha value is -1.54. The third kappa shape index (κ3) is 3.92. The van der Waals surface area contributed by atoms with Gasteiger partial charge in [0.05, 0.1) is 12.1 Å². The molecule has 1 aliphatic heterocycles. The molecule has 0 atom stereocenters. The zero-order valence-corrected chi connectivity index (χ0v) is 15.9. The number of nitrogens with zero attached hydrogens (tertiary/aromatic N) is 7. The maximum Gasteiger partial charge on any atom is 0.205 e. The van der Waals surface area contributed by atoms with Gasteiger partial charge in [-0.25, -0.2) is 14.6 Å². The quantitative estimate of drug-likeness (QED) is 0.843. The molecule has 0 aromatic carbocycles. The van der Waals surface area contributed by atoms with Gasteiger partial charge in [0.15, 0.2) is 0 Å². The second-order valence-electron chi connectivity index (χ2n) is 7.22. The predicted octanol–water partition coefficient (Wildman–Crippen LogP) is 2.16. The van der Waals surface area contributed by atoms with Crippen LogP contribution < -0.4 is 4.90 Å². The van der Waals surface area contributed by atoms with Crippen LogP contribution in [0, 0.1) is 0 Å². The summed E-state index contributed by atoms with van der Waals surface area (Å²) in [6, 6.07) is 0. The molecule has 0 spiro atoms. The molecule has 2 aromatic heterocycles. The minimum atomic E-state index is -0.0349. The molecule has 3 rings (SSSR count). The molecule has 0 aliphatic carbocycles. The molecule has 24 heavy (non-hydrogen) atoms. The van der Waals surface area contributed by atoms with E-state index >= 15 is 0 Å². The first kappa shape index (κ1) is 17.3. The van der Waals surface area contributed by atoms with Crippen LogP contribution >= 0.6 is 11.5 Å². The minimum Gasteiger partial charge on any atom is -0.346 e. The van der Waals surface area contributed by atoms with Crippen LogP contribution in [-0.2, 0) is 18.5 Å². The first-order valence-electron chi connectivity index (χ1n) is 8.66. The molecule has 0 bridgehead atoms. The molecule has 0 amide bonds. The number of anilines is 1. The third-order valence-corrected chi connectivity index (χ3v) is 5.07. The summed E-state index contributed by atoms with van der Waals surface area (Å²) in [5, 5.41) is 5.46. The van der Waals surface area contributed by atoms with E-state index in [0.29, 0.717) is 0 Å². The highest BCUT2D eigenvalue weighted by molar-refractivity contribution is 7.09. The summed E-state index contributed by atoms with van der Waals surface area (Å²) in [5.41, 5.74) is -0.0349. The number of rotatable bonds is 4. The lowest BCUT2D eigenvalue weighted by Crippen LogP contribution is -2.33. The van der Waals surface area contributed by atoms with Crippen molar-refractivity contribution in [2.24, 2.45) is 0 Å². The second-order valence-corrected chi connectivity index (χ2v) is 7.95. The van der Waals surface area contributed by atoms with Gasteiger partial charge in [0.2, 0.25) is 5.13 Å². The van der Waals surface area contributed by atoms with Gasteiger partial charge in [0.1, 0.15) is 18.0 Å². The first-order valence-corrected chi connectivity index (χ1v) is 9.44. The monoisotopic (exact) mass is 349 g/mol. The molecule has 1 aliphatic rings. The highest BCUT2D eigenvalue weighted by Gasteiger charge is 2.22. The van der Waals surface area contributed by atoms with Gasteiger partial charge in [-0.05, 0) is 27.2 Å². The molecule has 1 saturated heterocycles. The summed E-state index contributed by atoms with van der Waals surface area (Å²) < 4.78 is 6.45. The predicted molar refractivity (Wildman–Crippen MR) is 96.4 cm³/mol. The Labute approximate surface area is 147 Å². The fourth-order valence-electron chi connectivity index (χ4n) is 2.97. The average Bonchev–Trinajstić information content (AvgIpc) is 3.13. The van der Waals surface area contributed by atoms with Crippen molar-refractivity contribution in [3.63, 3.8) is 0 Å². The van der Waals surface area contributed by atoms with Gasteiger partial charge in [-0.3, -0.25) is 4.90 Å². The molecule has 0 unspecified atom stereocenters. The van der Waals surface area contributed by atoms with Crippen molar-refractivity contribution in [3.8, 4) is 0 Å². The number of aryl methyl sites for hydroxylation is 1. The lowest BCUT2D eigenvalue weighted by Gasteiger charge is -2.25. The van der Waals surface area contributed by atoms with Crippen LogP contribution in [0.25, 0.3) is 0 Å². The van der Waals surface area contributed by atoms with E-state index in [1.54, 1.807) is 6.33 Å². The lowest BCUT2D eigenvalue weighted by atomic mass is 10.1. The van der Waals surface area contributed by atoms with E-state index in [-0.39, 0.29) is 5.54 Å². The number of hydrogen-bond donors (Lipinski definition) is 0. The van der Waals surface area contributed by atoms with Gasteiger partial charge < -0.3 is 4.90 Å². The van der Waals surface area contributed by atoms with E-state index in [4.69, 9.17) is 0 Å². The third-order valence-electron chi connectivity index (χ3n) is 4.25. The van der Waals surface area contributed by atoms with Crippen molar-refractivity contribution in [2.45, 2.75) is 52.6 Å². The Morgan fingerprint density at radius 1 is 1.17 bits per heavy atom. The molecule has 1 fully saturated rings. The maximum atomic E-state index is 4.63. The van der Waals surface area contributed by atoms with E-state index in [2.05, 4.69) is 56.9 Å². The molecule has 2 aromatic rings. The molecule has 0 N–H and O–H groups in total. The van der Waals surface area contributed by atoms with Crippen molar-refractivity contribution in [1.82, 2.24) is 29.0 Å².